The van der Waals surface area contributed by atoms with E-state index in [1.165, 1.54) is 0 Å². The van der Waals surface area contributed by atoms with Crippen LogP contribution in [0.25, 0.3) is 0 Å². The van der Waals surface area contributed by atoms with Gasteiger partial charge in [0.25, 0.3) is 0 Å². The molecule has 0 saturated heterocycles. The molecule has 5 nitrogen and oxygen atoms in total. The zero-order valence-electron chi connectivity index (χ0n) is 3.51. The molecule has 0 aromatic rings. The van der Waals surface area contributed by atoms with E-state index in [1.54, 1.807) is 5.59 Å². The highest BCUT2D eigenvalue weighted by Crippen LogP contribution is 1.28. The van der Waals surface area contributed by atoms with Crippen molar-refractivity contribution >= 4 is 14.0 Å². The summed E-state index contributed by atoms with van der Waals surface area (Å²) >= 11 is 0. The largest absolute Gasteiger partial charge is 0.390 e. The van der Waals surface area contributed by atoms with Crippen molar-refractivity contribution in [3.63, 3.8) is 0 Å². The molecule has 0 rings (SSSR count). The molecule has 0 aromatic heterocycles. The van der Waals surface area contributed by atoms with Gasteiger partial charge in [0.15, 0.2) is 6.41 Å². The third-order valence-corrected chi connectivity index (χ3v) is 0.288. The first-order chi connectivity index (χ1) is 3.41. The van der Waals surface area contributed by atoms with E-state index in [-0.39, 0.29) is 0 Å². The molecule has 6 heteroatoms. The molecule has 0 bridgehead atoms. The monoisotopic (exact) mass is 102 g/mol. The molecule has 7 heavy (non-hydrogen) atoms. The van der Waals surface area contributed by atoms with Crippen LogP contribution in [0.15, 0.2) is 0 Å². The van der Waals surface area contributed by atoms with Gasteiger partial charge in [-0.25, -0.2) is 0 Å². The average Bonchev–Trinajstić information content (AvgIpc) is 1.69. The maximum absolute atomic E-state index is 9.39. The number of carbonyl (C=O) groups excluding carboxylic acids is 1. The van der Waals surface area contributed by atoms with Crippen LogP contribution in [0.2, 0.25) is 0 Å². The van der Waals surface area contributed by atoms with Crippen molar-refractivity contribution in [3.05, 3.63) is 0 Å². The van der Waals surface area contributed by atoms with Crippen LogP contribution in [0, 0.1) is 0 Å². The van der Waals surface area contributed by atoms with Crippen LogP contribution in [0.3, 0.4) is 0 Å². The highest BCUT2D eigenvalue weighted by Gasteiger charge is 1.79. The first kappa shape index (κ1) is 6.41. The zero-order chi connectivity index (χ0) is 5.54. The molecule has 4 N–H and O–H groups in total. The summed E-state index contributed by atoms with van der Waals surface area (Å²) in [5.41, 5.74) is 1.58. The molecular weight excluding hydrogens is 96.8 g/mol. The molecule has 0 aliphatic carbocycles. The van der Waals surface area contributed by atoms with Crippen molar-refractivity contribution in [2.45, 2.75) is 0 Å². The minimum absolute atomic E-state index is 0.463. The molecule has 0 spiro atoms. The molecule has 0 aromatic carbocycles. The van der Waals surface area contributed by atoms with Crippen LogP contribution in [0.5, 0.6) is 0 Å². The summed E-state index contributed by atoms with van der Waals surface area (Å²) in [7, 11) is 1.13. The second kappa shape index (κ2) is 5.41. The van der Waals surface area contributed by atoms with Gasteiger partial charge < -0.3 is 10.4 Å². The summed E-state index contributed by atoms with van der Waals surface area (Å²) in [6.07, 6.45) is 0.463. The van der Waals surface area contributed by atoms with Gasteiger partial charge in [-0.15, -0.1) is 5.59 Å². The van der Waals surface area contributed by atoms with Crippen LogP contribution in [-0.4, -0.2) is 19.2 Å². The molecular formula is CH5BN3O2. The quantitative estimate of drug-likeness (QED) is 0.140. The second-order valence-electron chi connectivity index (χ2n) is 0.685. The van der Waals surface area contributed by atoms with Crippen LogP contribution in [0.1, 0.15) is 0 Å². The standard InChI is InChI=1S/CH5BN3O2/c6-1-3-2-4-5-7/h1,4-5,7H,(H,3,6). The third-order valence-electron chi connectivity index (χ3n) is 0.288. The van der Waals surface area contributed by atoms with E-state index in [0.717, 1.165) is 7.55 Å². The fourth-order valence-corrected chi connectivity index (χ4v) is 0.108. The lowest BCUT2D eigenvalue weighted by Gasteiger charge is -1.92. The minimum atomic E-state index is 0.463. The summed E-state index contributed by atoms with van der Waals surface area (Å²) in [5, 5.41) is 11.9. The Labute approximate surface area is 41.3 Å². The van der Waals surface area contributed by atoms with Crippen LogP contribution < -0.4 is 16.2 Å². The van der Waals surface area contributed by atoms with E-state index in [4.69, 9.17) is 5.21 Å². The van der Waals surface area contributed by atoms with Crippen molar-refractivity contribution in [3.8, 4) is 0 Å². The average molecular weight is 102 g/mol. The number of hydrogen-bond acceptors (Lipinski definition) is 4. The number of hydrazine groups is 1. The number of hydrogen-bond donors (Lipinski definition) is 4. The van der Waals surface area contributed by atoms with Crippen molar-refractivity contribution in [1.29, 1.82) is 0 Å². The molecule has 0 unspecified atom stereocenters. The van der Waals surface area contributed by atoms with Gasteiger partial charge in [-0.05, 0) is 0 Å². The Morgan fingerprint density at radius 2 is 2.43 bits per heavy atom. The summed E-state index contributed by atoms with van der Waals surface area (Å²) in [6, 6.07) is 0. The molecule has 0 fully saturated rings. The van der Waals surface area contributed by atoms with Crippen molar-refractivity contribution in [2.24, 2.45) is 0 Å². The van der Waals surface area contributed by atoms with Crippen LogP contribution >= 0.6 is 0 Å². The van der Waals surface area contributed by atoms with Gasteiger partial charge in [0.2, 0.25) is 0 Å². The number of rotatable bonds is 4. The fraction of sp³-hybridized carbons (Fsp3) is 0. The summed E-state index contributed by atoms with van der Waals surface area (Å²) in [6.45, 7) is 0. The predicted molar refractivity (Wildman–Crippen MR) is 23.0 cm³/mol. The maximum atomic E-state index is 9.39. The Kier molecular flexibility index (Phi) is 4.96. The maximum Gasteiger partial charge on any atom is 0.365 e. The van der Waals surface area contributed by atoms with Gasteiger partial charge in [-0.3, -0.25) is 10.1 Å². The first-order valence-corrected chi connectivity index (χ1v) is 1.58. The van der Waals surface area contributed by atoms with Crippen molar-refractivity contribution in [2.75, 3.05) is 0 Å². The van der Waals surface area contributed by atoms with Crippen LogP contribution in [-0.2, 0) is 4.79 Å². The van der Waals surface area contributed by atoms with E-state index in [9.17, 15) is 4.79 Å². The number of nitrogens with one attached hydrogen (secondary N) is 3. The lowest BCUT2D eigenvalue weighted by Crippen LogP contribution is -2.40. The van der Waals surface area contributed by atoms with Crippen LogP contribution in [0.4, 0.5) is 0 Å². The predicted octanol–water partition coefficient (Wildman–Crippen LogP) is -2.25. The first-order valence-electron chi connectivity index (χ1n) is 1.58. The number of carbonyl (C=O) groups is 1. The van der Waals surface area contributed by atoms with E-state index in [0.29, 0.717) is 6.41 Å². The van der Waals surface area contributed by atoms with Gasteiger partial charge >= 0.3 is 7.55 Å². The summed E-state index contributed by atoms with van der Waals surface area (Å²) < 4.78 is 0. The van der Waals surface area contributed by atoms with E-state index in [2.05, 4.69) is 10.6 Å². The lowest BCUT2D eigenvalue weighted by atomic mass is 10.2. The topological polar surface area (TPSA) is 73.4 Å². The normalized spacial score (nSPS) is 7.57. The highest BCUT2D eigenvalue weighted by molar-refractivity contribution is 6.31. The Morgan fingerprint density at radius 1 is 1.71 bits per heavy atom. The van der Waals surface area contributed by atoms with Crippen molar-refractivity contribution in [1.82, 2.24) is 16.2 Å². The smallest absolute Gasteiger partial charge is 0.365 e. The second-order valence-corrected chi connectivity index (χ2v) is 0.685. The molecule has 1 amide bonds. The third kappa shape index (κ3) is 5.41. The van der Waals surface area contributed by atoms with Crippen molar-refractivity contribution < 1.29 is 10.0 Å². The van der Waals surface area contributed by atoms with E-state index in [1.807, 2.05) is 0 Å². The number of amides is 1. The molecule has 0 aliphatic rings. The zero-order valence-corrected chi connectivity index (χ0v) is 3.51. The fourth-order valence-electron chi connectivity index (χ4n) is 0.108. The highest BCUT2D eigenvalue weighted by atomic mass is 16.5. The Balaban J connectivity index is 2.56. The van der Waals surface area contributed by atoms with E-state index < -0.39 is 0 Å². The van der Waals surface area contributed by atoms with Gasteiger partial charge in [-0.1, -0.05) is 0 Å². The van der Waals surface area contributed by atoms with Gasteiger partial charge in [0.05, 0.1) is 0 Å². The van der Waals surface area contributed by atoms with E-state index >= 15 is 0 Å². The van der Waals surface area contributed by atoms with Gasteiger partial charge in [0, 0.05) is 0 Å². The lowest BCUT2D eigenvalue weighted by molar-refractivity contribution is -0.108. The van der Waals surface area contributed by atoms with Gasteiger partial charge in [-0.2, -0.15) is 0 Å². The van der Waals surface area contributed by atoms with Gasteiger partial charge in [0.1, 0.15) is 0 Å². The molecule has 0 aliphatic heterocycles. The Bertz CT molecular complexity index is 50.2. The summed E-state index contributed by atoms with van der Waals surface area (Å²) in [4.78, 5) is 9.39. The molecule has 1 radical (unpaired) electrons. The molecule has 0 heterocycles. The summed E-state index contributed by atoms with van der Waals surface area (Å²) in [5.74, 6) is 0. The molecule has 39 valence electrons. The Morgan fingerprint density at radius 3 is 2.86 bits per heavy atom. The molecule has 0 saturated carbocycles. The SMILES string of the molecule is O=CN[B]NNO. The Hall–Kier alpha value is -0.585. The minimum Gasteiger partial charge on any atom is -0.390 e. The molecule has 0 atom stereocenters.